The van der Waals surface area contributed by atoms with E-state index in [1.807, 2.05) is 19.9 Å². The van der Waals surface area contributed by atoms with Gasteiger partial charge in [-0.2, -0.15) is 5.26 Å². The maximum absolute atomic E-state index is 12.1. The van der Waals surface area contributed by atoms with E-state index in [-0.39, 0.29) is 5.57 Å². The lowest BCUT2D eigenvalue weighted by Gasteiger charge is -2.07. The molecule has 1 N–H and O–H groups in total. The Balaban J connectivity index is 2.01. The van der Waals surface area contributed by atoms with Gasteiger partial charge in [-0.3, -0.25) is 14.9 Å². The average molecular weight is 399 g/mol. The monoisotopic (exact) mass is 399 g/mol. The Bertz CT molecular complexity index is 949. The molecule has 146 valence electrons. The molecule has 0 radical (unpaired) electrons. The minimum Gasteiger partial charge on any atom is -0.451 e. The number of carbonyl (C=O) groups excluding carboxylic acids is 3. The van der Waals surface area contributed by atoms with Gasteiger partial charge in [0, 0.05) is 17.9 Å². The molecule has 0 aliphatic carbocycles. The number of ether oxygens (including phenoxy) is 1. The van der Waals surface area contributed by atoms with Gasteiger partial charge >= 0.3 is 5.97 Å². The molecule has 0 bridgehead atoms. The van der Waals surface area contributed by atoms with Gasteiger partial charge in [0.25, 0.3) is 11.8 Å². The molecule has 0 atom stereocenters. The summed E-state index contributed by atoms with van der Waals surface area (Å²) in [6.07, 6.45) is 2.41. The van der Waals surface area contributed by atoms with Gasteiger partial charge in [0.15, 0.2) is 6.61 Å². The molecule has 2 rings (SSSR count). The Morgan fingerprint density at radius 2 is 2.11 bits per heavy atom. The molecule has 0 fully saturated rings. The third kappa shape index (κ3) is 5.18. The van der Waals surface area contributed by atoms with E-state index in [4.69, 9.17) is 4.74 Å². The highest BCUT2D eigenvalue weighted by Gasteiger charge is 2.17. The summed E-state index contributed by atoms with van der Waals surface area (Å²) in [5.74, 6) is -2.23. The van der Waals surface area contributed by atoms with Crippen molar-refractivity contribution in [2.24, 2.45) is 0 Å². The van der Waals surface area contributed by atoms with Crippen LogP contribution in [-0.4, -0.2) is 29.0 Å². The van der Waals surface area contributed by atoms with E-state index in [2.05, 4.69) is 16.8 Å². The van der Waals surface area contributed by atoms with Crippen LogP contribution < -0.4 is 5.32 Å². The van der Waals surface area contributed by atoms with Crippen molar-refractivity contribution in [2.75, 3.05) is 6.61 Å². The summed E-state index contributed by atoms with van der Waals surface area (Å²) >= 11 is 1.19. The first kappa shape index (κ1) is 21.1. The fourth-order valence-electron chi connectivity index (χ4n) is 2.67. The second-order valence-electron chi connectivity index (χ2n) is 6.08. The largest absolute Gasteiger partial charge is 0.451 e. The number of nitriles is 1. The number of nitrogens with zero attached hydrogens (tertiary/aromatic N) is 2. The lowest BCUT2D eigenvalue weighted by Crippen LogP contribution is -2.33. The molecule has 28 heavy (non-hydrogen) atoms. The molecule has 2 aromatic rings. The van der Waals surface area contributed by atoms with Gasteiger partial charge in [-0.15, -0.1) is 11.3 Å². The van der Waals surface area contributed by atoms with Crippen LogP contribution in [0.4, 0.5) is 0 Å². The number of hydrogen-bond acceptors (Lipinski definition) is 6. The second kappa shape index (κ2) is 9.67. The van der Waals surface area contributed by atoms with Crippen molar-refractivity contribution in [1.82, 2.24) is 9.88 Å². The van der Waals surface area contributed by atoms with Gasteiger partial charge in [0.05, 0.1) is 4.88 Å². The van der Waals surface area contributed by atoms with Crippen LogP contribution in [0, 0.1) is 25.2 Å². The third-order valence-corrected chi connectivity index (χ3v) is 4.90. The molecule has 0 saturated heterocycles. The standard InChI is InChI=1S/C20H21N3O4S/c1-4-7-23-13(2)9-15(14(23)3)10-16(11-21)20(26)27-12-18(24)22-19(25)17-6-5-8-28-17/h5-6,8-10H,4,7,12H2,1-3H3,(H,22,24,25)/b16-10+. The summed E-state index contributed by atoms with van der Waals surface area (Å²) in [7, 11) is 0. The van der Waals surface area contributed by atoms with E-state index >= 15 is 0 Å². The van der Waals surface area contributed by atoms with E-state index in [0.717, 1.165) is 29.9 Å². The summed E-state index contributed by atoms with van der Waals surface area (Å²) in [5.41, 5.74) is 2.51. The molecular formula is C20H21N3O4S. The maximum Gasteiger partial charge on any atom is 0.349 e. The van der Waals surface area contributed by atoms with Crippen LogP contribution in [-0.2, 0) is 20.9 Å². The smallest absolute Gasteiger partial charge is 0.349 e. The van der Waals surface area contributed by atoms with Gasteiger partial charge in [-0.05, 0) is 49.4 Å². The minimum atomic E-state index is -0.915. The van der Waals surface area contributed by atoms with Crippen molar-refractivity contribution in [1.29, 1.82) is 5.26 Å². The van der Waals surface area contributed by atoms with Crippen molar-refractivity contribution in [3.05, 3.63) is 51.0 Å². The zero-order chi connectivity index (χ0) is 20.7. The van der Waals surface area contributed by atoms with Gasteiger partial charge in [0.1, 0.15) is 11.6 Å². The number of aromatic nitrogens is 1. The van der Waals surface area contributed by atoms with Crippen LogP contribution in [0.3, 0.4) is 0 Å². The Hall–Kier alpha value is -3.18. The number of nitrogens with one attached hydrogen (secondary N) is 1. The molecule has 2 heterocycles. The van der Waals surface area contributed by atoms with E-state index in [1.54, 1.807) is 23.6 Å². The third-order valence-electron chi connectivity index (χ3n) is 4.03. The molecule has 2 aromatic heterocycles. The van der Waals surface area contributed by atoms with Crippen LogP contribution >= 0.6 is 11.3 Å². The summed E-state index contributed by atoms with van der Waals surface area (Å²) in [5, 5.41) is 13.1. The Labute approximate surface area is 167 Å². The average Bonchev–Trinajstić information content (AvgIpc) is 3.29. The van der Waals surface area contributed by atoms with Crippen molar-refractivity contribution in [3.8, 4) is 6.07 Å². The van der Waals surface area contributed by atoms with E-state index in [1.165, 1.54) is 17.4 Å². The Morgan fingerprint density at radius 1 is 1.36 bits per heavy atom. The fourth-order valence-corrected chi connectivity index (χ4v) is 3.29. The zero-order valence-corrected chi connectivity index (χ0v) is 16.8. The summed E-state index contributed by atoms with van der Waals surface area (Å²) in [6, 6.07) is 6.96. The van der Waals surface area contributed by atoms with Crippen LogP contribution in [0.1, 0.15) is 40.0 Å². The highest BCUT2D eigenvalue weighted by molar-refractivity contribution is 7.12. The number of amides is 2. The summed E-state index contributed by atoms with van der Waals surface area (Å²) in [6.45, 7) is 6.14. The summed E-state index contributed by atoms with van der Waals surface area (Å²) < 4.78 is 6.98. The number of esters is 1. The number of hydrogen-bond donors (Lipinski definition) is 1. The topological polar surface area (TPSA) is 101 Å². The fraction of sp³-hybridized carbons (Fsp3) is 0.300. The predicted molar refractivity (Wildman–Crippen MR) is 106 cm³/mol. The van der Waals surface area contributed by atoms with Crippen molar-refractivity contribution in [2.45, 2.75) is 33.7 Å². The normalized spacial score (nSPS) is 11.0. The number of aryl methyl sites for hydroxylation is 1. The van der Waals surface area contributed by atoms with Crippen molar-refractivity contribution >= 4 is 35.2 Å². The molecule has 0 aromatic carbocycles. The van der Waals surface area contributed by atoms with Gasteiger partial charge < -0.3 is 9.30 Å². The highest BCUT2D eigenvalue weighted by atomic mass is 32.1. The SMILES string of the molecule is CCCn1c(C)cc(/C=C(\C#N)C(=O)OCC(=O)NC(=O)c2cccs2)c1C. The molecule has 0 saturated carbocycles. The van der Waals surface area contributed by atoms with E-state index < -0.39 is 24.4 Å². The number of rotatable bonds is 7. The minimum absolute atomic E-state index is 0.214. The van der Waals surface area contributed by atoms with Gasteiger partial charge in [0.2, 0.25) is 0 Å². The lowest BCUT2D eigenvalue weighted by atomic mass is 10.1. The van der Waals surface area contributed by atoms with Crippen LogP contribution in [0.5, 0.6) is 0 Å². The maximum atomic E-state index is 12.1. The molecule has 2 amide bonds. The highest BCUT2D eigenvalue weighted by Crippen LogP contribution is 2.19. The first-order chi connectivity index (χ1) is 13.4. The molecule has 0 aliphatic heterocycles. The van der Waals surface area contributed by atoms with Crippen LogP contribution in [0.25, 0.3) is 6.08 Å². The first-order valence-corrected chi connectivity index (χ1v) is 9.58. The first-order valence-electron chi connectivity index (χ1n) is 8.70. The Kier molecular flexibility index (Phi) is 7.29. The van der Waals surface area contributed by atoms with Crippen LogP contribution in [0.2, 0.25) is 0 Å². The van der Waals surface area contributed by atoms with E-state index in [0.29, 0.717) is 4.88 Å². The quantitative estimate of drug-likeness (QED) is 0.438. The van der Waals surface area contributed by atoms with Gasteiger partial charge in [-0.25, -0.2) is 4.79 Å². The Morgan fingerprint density at radius 3 is 2.71 bits per heavy atom. The molecule has 0 unspecified atom stereocenters. The number of thiophene rings is 1. The predicted octanol–water partition coefficient (Wildman–Crippen LogP) is 2.98. The number of carbonyl (C=O) groups is 3. The molecular weight excluding hydrogens is 378 g/mol. The zero-order valence-electron chi connectivity index (χ0n) is 15.9. The molecule has 0 aliphatic rings. The second-order valence-corrected chi connectivity index (χ2v) is 7.03. The van der Waals surface area contributed by atoms with Crippen LogP contribution in [0.15, 0.2) is 29.2 Å². The molecule has 7 nitrogen and oxygen atoms in total. The summed E-state index contributed by atoms with van der Waals surface area (Å²) in [4.78, 5) is 36.1. The van der Waals surface area contributed by atoms with E-state index in [9.17, 15) is 19.6 Å². The lowest BCUT2D eigenvalue weighted by molar-refractivity contribution is -0.144. The van der Waals surface area contributed by atoms with Gasteiger partial charge in [-0.1, -0.05) is 13.0 Å². The molecule has 0 spiro atoms. The van der Waals surface area contributed by atoms with Crippen molar-refractivity contribution < 1.29 is 19.1 Å². The molecule has 8 heteroatoms. The number of imide groups is 1. The van der Waals surface area contributed by atoms with Crippen molar-refractivity contribution in [3.63, 3.8) is 0 Å².